The zero-order chi connectivity index (χ0) is 14.1. The van der Waals surface area contributed by atoms with E-state index >= 15 is 0 Å². The molecule has 0 amide bonds. The van der Waals surface area contributed by atoms with E-state index in [0.29, 0.717) is 13.2 Å². The van der Waals surface area contributed by atoms with Crippen LogP contribution in [-0.4, -0.2) is 24.3 Å². The molecule has 1 aliphatic rings. The second kappa shape index (κ2) is 4.94. The molecule has 0 saturated carbocycles. The highest BCUT2D eigenvalue weighted by Gasteiger charge is 2.47. The fraction of sp³-hybridized carbons (Fsp3) is 0.533. The lowest BCUT2D eigenvalue weighted by Gasteiger charge is -2.46. The van der Waals surface area contributed by atoms with E-state index in [1.165, 1.54) is 0 Å². The van der Waals surface area contributed by atoms with Gasteiger partial charge < -0.3 is 14.6 Å². The lowest BCUT2D eigenvalue weighted by molar-refractivity contribution is -0.324. The van der Waals surface area contributed by atoms with E-state index in [4.69, 9.17) is 14.6 Å². The number of hydrogen-bond acceptors (Lipinski definition) is 3. The number of hydrogen-bond donors (Lipinski definition) is 1. The molecular weight excluding hydrogens is 244 g/mol. The van der Waals surface area contributed by atoms with Gasteiger partial charge in [-0.05, 0) is 18.6 Å². The number of benzene rings is 1. The Morgan fingerprint density at radius 3 is 2.11 bits per heavy atom. The average molecular weight is 264 g/mol. The molecule has 1 aromatic rings. The van der Waals surface area contributed by atoms with Gasteiger partial charge in [-0.3, -0.25) is 0 Å². The van der Waals surface area contributed by atoms with E-state index in [0.717, 1.165) is 12.0 Å². The third-order valence-corrected chi connectivity index (χ3v) is 3.40. The summed E-state index contributed by atoms with van der Waals surface area (Å²) in [6, 6.07) is 6.74. The first kappa shape index (κ1) is 14.0. The number of aromatic carboxylic acids is 1. The van der Waals surface area contributed by atoms with Crippen LogP contribution >= 0.6 is 0 Å². The molecule has 1 heterocycles. The average Bonchev–Trinajstić information content (AvgIpc) is 2.38. The Morgan fingerprint density at radius 1 is 1.16 bits per heavy atom. The smallest absolute Gasteiger partial charge is 0.335 e. The van der Waals surface area contributed by atoms with Gasteiger partial charge in [-0.2, -0.15) is 0 Å². The summed E-state index contributed by atoms with van der Waals surface area (Å²) in [4.78, 5) is 10.9. The summed E-state index contributed by atoms with van der Waals surface area (Å²) in [6.45, 7) is 7.48. The van der Waals surface area contributed by atoms with Gasteiger partial charge in [-0.25, -0.2) is 4.79 Å². The Morgan fingerprint density at radius 2 is 1.68 bits per heavy atom. The van der Waals surface area contributed by atoms with Crippen LogP contribution in [0.3, 0.4) is 0 Å². The van der Waals surface area contributed by atoms with Crippen molar-refractivity contribution in [2.75, 3.05) is 13.2 Å². The highest BCUT2D eigenvalue weighted by molar-refractivity contribution is 5.87. The van der Waals surface area contributed by atoms with Crippen molar-refractivity contribution in [3.05, 3.63) is 35.4 Å². The lowest BCUT2D eigenvalue weighted by atomic mass is 9.80. The Kier molecular flexibility index (Phi) is 3.65. The number of carbonyl (C=O) groups is 1. The topological polar surface area (TPSA) is 55.8 Å². The summed E-state index contributed by atoms with van der Waals surface area (Å²) in [5.41, 5.74) is 0.895. The van der Waals surface area contributed by atoms with Crippen molar-refractivity contribution in [1.29, 1.82) is 0 Å². The van der Waals surface area contributed by atoms with Crippen molar-refractivity contribution < 1.29 is 19.4 Å². The van der Waals surface area contributed by atoms with Crippen LogP contribution in [0.5, 0.6) is 0 Å². The summed E-state index contributed by atoms with van der Waals surface area (Å²) >= 11 is 0. The molecule has 1 fully saturated rings. The fourth-order valence-electron chi connectivity index (χ4n) is 2.40. The summed E-state index contributed by atoms with van der Waals surface area (Å²) in [5, 5.41) is 8.95. The molecule has 1 aromatic carbocycles. The molecule has 4 nitrogen and oxygen atoms in total. The normalized spacial score (nSPS) is 19.1. The van der Waals surface area contributed by atoms with Crippen LogP contribution in [0.2, 0.25) is 0 Å². The van der Waals surface area contributed by atoms with E-state index in [-0.39, 0.29) is 11.0 Å². The highest BCUT2D eigenvalue weighted by atomic mass is 16.7. The standard InChI is InChI=1S/C15H20O4/c1-14(2,3)15(18-9-4-10-19-15)12-7-5-11(6-8-12)13(16)17/h5-8H,4,9-10H2,1-3H3,(H,16,17). The lowest BCUT2D eigenvalue weighted by Crippen LogP contribution is -2.48. The maximum absolute atomic E-state index is 10.9. The van der Waals surface area contributed by atoms with Gasteiger partial charge in [0, 0.05) is 11.0 Å². The van der Waals surface area contributed by atoms with Crippen molar-refractivity contribution in [3.8, 4) is 0 Å². The Balaban J connectivity index is 2.41. The Labute approximate surface area is 113 Å². The second-order valence-corrected chi connectivity index (χ2v) is 5.80. The van der Waals surface area contributed by atoms with Gasteiger partial charge in [0.1, 0.15) is 0 Å². The maximum atomic E-state index is 10.9. The molecule has 0 unspecified atom stereocenters. The molecule has 0 radical (unpaired) electrons. The van der Waals surface area contributed by atoms with Gasteiger partial charge in [0.05, 0.1) is 18.8 Å². The van der Waals surface area contributed by atoms with Gasteiger partial charge in [0.25, 0.3) is 0 Å². The molecule has 0 aromatic heterocycles. The summed E-state index contributed by atoms with van der Waals surface area (Å²) < 4.78 is 11.9. The van der Waals surface area contributed by atoms with Crippen molar-refractivity contribution in [2.45, 2.75) is 33.0 Å². The molecule has 1 saturated heterocycles. The molecule has 0 spiro atoms. The number of carboxylic acid groups (broad SMARTS) is 1. The van der Waals surface area contributed by atoms with Crippen molar-refractivity contribution in [3.63, 3.8) is 0 Å². The Hall–Kier alpha value is -1.39. The SMILES string of the molecule is CC(C)(C)C1(c2ccc(C(=O)O)cc2)OCCCO1. The quantitative estimate of drug-likeness (QED) is 0.892. The molecular formula is C15H20O4. The first-order valence-corrected chi connectivity index (χ1v) is 6.48. The van der Waals surface area contributed by atoms with E-state index in [1.807, 2.05) is 0 Å². The van der Waals surface area contributed by atoms with Crippen molar-refractivity contribution in [1.82, 2.24) is 0 Å². The molecule has 0 atom stereocenters. The van der Waals surface area contributed by atoms with Crippen LogP contribution in [0, 0.1) is 5.41 Å². The summed E-state index contributed by atoms with van der Waals surface area (Å²) in [5.74, 6) is -1.73. The monoisotopic (exact) mass is 264 g/mol. The first-order valence-electron chi connectivity index (χ1n) is 6.48. The van der Waals surface area contributed by atoms with Crippen LogP contribution in [0.4, 0.5) is 0 Å². The molecule has 4 heteroatoms. The summed E-state index contributed by atoms with van der Waals surface area (Å²) in [7, 11) is 0. The van der Waals surface area contributed by atoms with E-state index in [1.54, 1.807) is 24.3 Å². The minimum atomic E-state index is -0.929. The number of ether oxygens (including phenoxy) is 2. The molecule has 1 N–H and O–H groups in total. The van der Waals surface area contributed by atoms with Crippen LogP contribution in [0.1, 0.15) is 43.1 Å². The first-order chi connectivity index (χ1) is 8.87. The third-order valence-electron chi connectivity index (χ3n) is 3.40. The van der Waals surface area contributed by atoms with Crippen LogP contribution in [-0.2, 0) is 15.3 Å². The molecule has 0 bridgehead atoms. The van der Waals surface area contributed by atoms with Gasteiger partial charge in [0.15, 0.2) is 5.79 Å². The molecule has 104 valence electrons. The predicted octanol–water partition coefficient (Wildman–Crippen LogP) is 3.02. The predicted molar refractivity (Wildman–Crippen MR) is 71.1 cm³/mol. The van der Waals surface area contributed by atoms with E-state index in [9.17, 15) is 4.79 Å². The Bertz CT molecular complexity index is 450. The minimum absolute atomic E-state index is 0.238. The molecule has 1 aliphatic heterocycles. The molecule has 2 rings (SSSR count). The second-order valence-electron chi connectivity index (χ2n) is 5.80. The minimum Gasteiger partial charge on any atom is -0.478 e. The zero-order valence-corrected chi connectivity index (χ0v) is 11.6. The van der Waals surface area contributed by atoms with E-state index in [2.05, 4.69) is 20.8 Å². The fourth-order valence-corrected chi connectivity index (χ4v) is 2.40. The van der Waals surface area contributed by atoms with Crippen LogP contribution < -0.4 is 0 Å². The largest absolute Gasteiger partial charge is 0.478 e. The molecule has 0 aliphatic carbocycles. The van der Waals surface area contributed by atoms with Crippen molar-refractivity contribution in [2.24, 2.45) is 5.41 Å². The van der Waals surface area contributed by atoms with Gasteiger partial charge in [0.2, 0.25) is 0 Å². The molecule has 19 heavy (non-hydrogen) atoms. The number of rotatable bonds is 2. The van der Waals surface area contributed by atoms with Gasteiger partial charge in [-0.15, -0.1) is 0 Å². The third kappa shape index (κ3) is 2.51. The zero-order valence-electron chi connectivity index (χ0n) is 11.6. The highest BCUT2D eigenvalue weighted by Crippen LogP contribution is 2.45. The van der Waals surface area contributed by atoms with Crippen LogP contribution in [0.25, 0.3) is 0 Å². The van der Waals surface area contributed by atoms with Crippen molar-refractivity contribution >= 4 is 5.97 Å². The maximum Gasteiger partial charge on any atom is 0.335 e. The van der Waals surface area contributed by atoms with Crippen LogP contribution in [0.15, 0.2) is 24.3 Å². The van der Waals surface area contributed by atoms with Gasteiger partial charge >= 0.3 is 5.97 Å². The van der Waals surface area contributed by atoms with E-state index < -0.39 is 11.8 Å². The number of carboxylic acids is 1. The summed E-state index contributed by atoms with van der Waals surface area (Å²) in [6.07, 6.45) is 0.880. The van der Waals surface area contributed by atoms with Gasteiger partial charge in [-0.1, -0.05) is 32.9 Å².